The molecule has 19 N–H and O–H groups in total. The molecule has 0 saturated heterocycles. The molecule has 0 aliphatic rings. The van der Waals surface area contributed by atoms with Crippen LogP contribution in [0.2, 0.25) is 0 Å². The number of carbonyl (C=O) groups is 6. The van der Waals surface area contributed by atoms with Crippen LogP contribution in [-0.4, -0.2) is 108 Å². The second-order valence-corrected chi connectivity index (χ2v) is 11.9. The first kappa shape index (κ1) is 52.1. The Balaban J connectivity index is 0. The number of carboxylic acid groups (broad SMARTS) is 6. The van der Waals surface area contributed by atoms with E-state index in [0.717, 1.165) is 29.5 Å². The van der Waals surface area contributed by atoms with E-state index < -0.39 is 72.4 Å². The molecule has 0 saturated carbocycles. The molecule has 0 aromatic heterocycles. The van der Waals surface area contributed by atoms with Gasteiger partial charge in [-0.2, -0.15) is 0 Å². The van der Waals surface area contributed by atoms with E-state index in [9.17, 15) is 28.8 Å². The van der Waals surface area contributed by atoms with Crippen molar-refractivity contribution in [1.29, 1.82) is 0 Å². The molecule has 0 aliphatic carbocycles. The highest BCUT2D eigenvalue weighted by molar-refractivity contribution is 5.80. The van der Waals surface area contributed by atoms with Crippen molar-refractivity contribution in [2.24, 2.45) is 34.4 Å². The number of nitrogens with two attached hydrogens (primary N) is 6. The maximum atomic E-state index is 10.4. The predicted octanol–water partition coefficient (Wildman–Crippen LogP) is 0.0289. The molecule has 56 heavy (non-hydrogen) atoms. The summed E-state index contributed by atoms with van der Waals surface area (Å²) in [5.74, 6) is -6.21. The lowest BCUT2D eigenvalue weighted by Gasteiger charge is -2.05. The zero-order valence-electron chi connectivity index (χ0n) is 30.7. The number of benzene rings is 3. The van der Waals surface area contributed by atoms with Gasteiger partial charge in [-0.3, -0.25) is 28.8 Å². The van der Waals surface area contributed by atoms with Crippen LogP contribution in [0.5, 0.6) is 5.75 Å². The molecule has 3 aromatic rings. The van der Waals surface area contributed by atoms with Gasteiger partial charge in [0.2, 0.25) is 0 Å². The number of rotatable bonds is 17. The molecule has 0 aliphatic heterocycles. The number of aromatic hydroxyl groups is 1. The minimum absolute atomic E-state index is 0.160. The molecule has 5 unspecified atom stereocenters. The number of phenols is 1. The molecule has 0 radical (unpaired) electrons. The number of hydrogen-bond acceptors (Lipinski definition) is 13. The van der Waals surface area contributed by atoms with Crippen LogP contribution in [0.15, 0.2) is 84.9 Å². The molecule has 0 bridgehead atoms. The van der Waals surface area contributed by atoms with Crippen LogP contribution >= 0.6 is 0 Å². The van der Waals surface area contributed by atoms with E-state index in [1.165, 1.54) is 12.1 Å². The zero-order valence-corrected chi connectivity index (χ0v) is 30.7. The number of aliphatic carboxylic acids is 6. The molecule has 19 nitrogen and oxygen atoms in total. The van der Waals surface area contributed by atoms with Crippen molar-refractivity contribution in [1.82, 2.24) is 0 Å². The van der Waals surface area contributed by atoms with E-state index in [0.29, 0.717) is 25.8 Å². The number of unbranched alkanes of at least 4 members (excludes halogenated alkanes) is 1. The fourth-order valence-electron chi connectivity index (χ4n) is 3.79. The van der Waals surface area contributed by atoms with Crippen molar-refractivity contribution in [2.45, 2.75) is 75.2 Å². The summed E-state index contributed by atoms with van der Waals surface area (Å²) in [5.41, 5.74) is 34.0. The zero-order chi connectivity index (χ0) is 43.2. The van der Waals surface area contributed by atoms with Crippen LogP contribution < -0.4 is 34.4 Å². The van der Waals surface area contributed by atoms with Gasteiger partial charge in [0.05, 0.1) is 6.42 Å². The molecule has 3 aromatic carbocycles. The Bertz CT molecular complexity index is 1530. The molecule has 3 rings (SSSR count). The highest BCUT2D eigenvalue weighted by Crippen LogP contribution is 2.10. The lowest BCUT2D eigenvalue weighted by atomic mass is 10.1. The first-order chi connectivity index (χ1) is 26.2. The normalized spacial score (nSPS) is 12.5. The standard InChI is InChI=1S/C9H11NO3.2C9H11NO2.C6H14N2O2.C4H7NO4/c10-8(9(12)13)5-6-1-3-7(11)4-2-6;2*10-8(9(11)12)6-7-4-2-1-3-5-7;7-4-2-1-3-5(8)6(9)10;5-2(4(8)9)1-3(6)7/h1-4,8,11H,5,10H2,(H,12,13);2*1-5,8H,6,10H2,(H,11,12);5H,1-4,7-8H2,(H,9,10);2H,1,5H2,(H,6,7)(H,8,9). The van der Waals surface area contributed by atoms with Gasteiger partial charge in [-0.25, -0.2) is 0 Å². The molecule has 0 fully saturated rings. The topological polar surface area (TPSA) is 400 Å². The van der Waals surface area contributed by atoms with E-state index in [1.54, 1.807) is 12.1 Å². The molecule has 5 atom stereocenters. The summed E-state index contributed by atoms with van der Waals surface area (Å²) in [6.07, 6.45) is 2.68. The Labute approximate surface area is 323 Å². The fourth-order valence-corrected chi connectivity index (χ4v) is 3.79. The minimum atomic E-state index is -1.29. The van der Waals surface area contributed by atoms with Crippen LogP contribution in [0.1, 0.15) is 42.4 Å². The lowest BCUT2D eigenvalue weighted by molar-refractivity contribution is -0.144. The van der Waals surface area contributed by atoms with Gasteiger partial charge >= 0.3 is 35.8 Å². The summed E-state index contributed by atoms with van der Waals surface area (Å²) in [5, 5.41) is 58.9. The number of carboxylic acids is 6. The molecule has 0 heterocycles. The van der Waals surface area contributed by atoms with Crippen LogP contribution in [0, 0.1) is 0 Å². The van der Waals surface area contributed by atoms with Crippen LogP contribution in [0.25, 0.3) is 0 Å². The third-order valence-corrected chi connectivity index (χ3v) is 6.94. The average molecular weight is 791 g/mol. The van der Waals surface area contributed by atoms with Crippen molar-refractivity contribution < 1.29 is 64.5 Å². The Morgan fingerprint density at radius 2 is 0.768 bits per heavy atom. The maximum Gasteiger partial charge on any atom is 0.321 e. The summed E-state index contributed by atoms with van der Waals surface area (Å²) < 4.78 is 0. The van der Waals surface area contributed by atoms with E-state index in [-0.39, 0.29) is 12.2 Å². The van der Waals surface area contributed by atoms with Gasteiger partial charge < -0.3 is 70.1 Å². The monoisotopic (exact) mass is 790 g/mol. The molecule has 19 heteroatoms. The van der Waals surface area contributed by atoms with Gasteiger partial charge in [0.1, 0.15) is 36.0 Å². The third-order valence-electron chi connectivity index (χ3n) is 6.94. The van der Waals surface area contributed by atoms with E-state index in [1.807, 2.05) is 60.7 Å². The Morgan fingerprint density at radius 1 is 0.446 bits per heavy atom. The average Bonchev–Trinajstić information content (AvgIpc) is 3.14. The van der Waals surface area contributed by atoms with Crippen LogP contribution in [0.4, 0.5) is 0 Å². The largest absolute Gasteiger partial charge is 0.508 e. The van der Waals surface area contributed by atoms with Crippen LogP contribution in [-0.2, 0) is 48.0 Å². The van der Waals surface area contributed by atoms with Crippen molar-refractivity contribution in [3.8, 4) is 5.75 Å². The van der Waals surface area contributed by atoms with Gasteiger partial charge in [0.15, 0.2) is 0 Å². The van der Waals surface area contributed by atoms with E-state index in [4.69, 9.17) is 70.1 Å². The second-order valence-electron chi connectivity index (χ2n) is 11.9. The van der Waals surface area contributed by atoms with Gasteiger partial charge in [-0.1, -0.05) is 79.2 Å². The van der Waals surface area contributed by atoms with Crippen molar-refractivity contribution in [2.75, 3.05) is 6.54 Å². The highest BCUT2D eigenvalue weighted by Gasteiger charge is 2.15. The smallest absolute Gasteiger partial charge is 0.321 e. The maximum absolute atomic E-state index is 10.4. The van der Waals surface area contributed by atoms with Crippen LogP contribution in [0.3, 0.4) is 0 Å². The SMILES string of the molecule is NC(CC(=O)O)C(=O)O.NC(Cc1ccc(O)cc1)C(=O)O.NC(Cc1ccccc1)C(=O)O.NC(Cc1ccccc1)C(=O)O.NCCCCC(N)C(=O)O. The van der Waals surface area contributed by atoms with Crippen molar-refractivity contribution in [3.05, 3.63) is 102 Å². The molecular formula is C37H54N6O13. The summed E-state index contributed by atoms with van der Waals surface area (Å²) >= 11 is 0. The fraction of sp³-hybridized carbons (Fsp3) is 0.351. The molecule has 310 valence electrons. The van der Waals surface area contributed by atoms with Crippen molar-refractivity contribution in [3.63, 3.8) is 0 Å². The molecule has 0 amide bonds. The first-order valence-electron chi connectivity index (χ1n) is 16.9. The summed E-state index contributed by atoms with van der Waals surface area (Å²) in [6, 6.07) is 20.5. The number of hydrogen-bond donors (Lipinski definition) is 13. The van der Waals surface area contributed by atoms with Gasteiger partial charge in [-0.15, -0.1) is 0 Å². The second kappa shape index (κ2) is 30.4. The Morgan fingerprint density at radius 3 is 1.04 bits per heavy atom. The molecule has 0 spiro atoms. The Hall–Kier alpha value is -5.96. The Kier molecular flexibility index (Phi) is 28.3. The highest BCUT2D eigenvalue weighted by atomic mass is 16.4. The van der Waals surface area contributed by atoms with Gasteiger partial charge in [0.25, 0.3) is 0 Å². The summed E-state index contributed by atoms with van der Waals surface area (Å²) in [6.45, 7) is 0.604. The van der Waals surface area contributed by atoms with E-state index >= 15 is 0 Å². The predicted molar refractivity (Wildman–Crippen MR) is 205 cm³/mol. The van der Waals surface area contributed by atoms with E-state index in [2.05, 4.69) is 0 Å². The minimum Gasteiger partial charge on any atom is -0.508 e. The quantitative estimate of drug-likeness (QED) is 0.0802. The third kappa shape index (κ3) is 28.5. The van der Waals surface area contributed by atoms with Gasteiger partial charge in [0, 0.05) is 0 Å². The summed E-state index contributed by atoms with van der Waals surface area (Å²) in [4.78, 5) is 60.9. The van der Waals surface area contributed by atoms with Gasteiger partial charge in [-0.05, 0) is 67.5 Å². The first-order valence-corrected chi connectivity index (χ1v) is 16.9. The molecular weight excluding hydrogens is 736 g/mol. The summed E-state index contributed by atoms with van der Waals surface area (Å²) in [7, 11) is 0. The lowest BCUT2D eigenvalue weighted by Crippen LogP contribution is -2.32. The van der Waals surface area contributed by atoms with Crippen molar-refractivity contribution >= 4 is 35.8 Å². The number of phenolic OH excluding ortho intramolecular Hbond substituents is 1.